The van der Waals surface area contributed by atoms with Gasteiger partial charge < -0.3 is 19.4 Å². The molecule has 5 rings (SSSR count). The Morgan fingerprint density at radius 2 is 1.93 bits per heavy atom. The number of hydrogen-bond donors (Lipinski definition) is 1. The first-order chi connectivity index (χ1) is 14.6. The zero-order valence-corrected chi connectivity index (χ0v) is 16.9. The molecule has 0 bridgehead atoms. The molecule has 1 aliphatic rings. The lowest BCUT2D eigenvalue weighted by Crippen LogP contribution is -2.36. The summed E-state index contributed by atoms with van der Waals surface area (Å²) in [5, 5.41) is 1.69. The Hall–Kier alpha value is -3.04. The van der Waals surface area contributed by atoms with Gasteiger partial charge in [-0.25, -0.2) is 18.7 Å². The maximum Gasteiger partial charge on any atom is 0.186 e. The van der Waals surface area contributed by atoms with Crippen molar-refractivity contribution < 1.29 is 18.3 Å². The molecule has 1 N–H and O–H groups in total. The van der Waals surface area contributed by atoms with Crippen LogP contribution in [0.2, 0.25) is 0 Å². The fourth-order valence-corrected chi connectivity index (χ4v) is 4.58. The number of pyridine rings is 1. The normalized spacial score (nSPS) is 14.4. The minimum atomic E-state index is -0.747. The molecule has 1 aliphatic heterocycles. The molecule has 0 amide bonds. The van der Waals surface area contributed by atoms with Crippen LogP contribution in [0.4, 0.5) is 13.9 Å². The first-order valence-electron chi connectivity index (χ1n) is 9.43. The summed E-state index contributed by atoms with van der Waals surface area (Å²) < 4.78 is 38.7. The van der Waals surface area contributed by atoms with E-state index >= 15 is 0 Å². The van der Waals surface area contributed by atoms with Crippen LogP contribution in [0.15, 0.2) is 36.8 Å². The number of nitrogens with one attached hydrogen (secondary N) is 1. The molecule has 0 aliphatic carbocycles. The lowest BCUT2D eigenvalue weighted by molar-refractivity contribution is 0.122. The van der Waals surface area contributed by atoms with Gasteiger partial charge in [-0.05, 0) is 12.1 Å². The van der Waals surface area contributed by atoms with Gasteiger partial charge in [0.1, 0.15) is 11.5 Å². The van der Waals surface area contributed by atoms with E-state index in [9.17, 15) is 8.78 Å². The van der Waals surface area contributed by atoms with E-state index in [0.29, 0.717) is 30.0 Å². The second-order valence-electron chi connectivity index (χ2n) is 6.90. The van der Waals surface area contributed by atoms with Crippen LogP contribution in [0.25, 0.3) is 32.6 Å². The minimum absolute atomic E-state index is 0.00454. The summed E-state index contributed by atoms with van der Waals surface area (Å²) in [6.45, 7) is 3.02. The van der Waals surface area contributed by atoms with Crippen molar-refractivity contribution in [3.8, 4) is 27.3 Å². The van der Waals surface area contributed by atoms with Crippen molar-refractivity contribution >= 4 is 27.5 Å². The number of thiazole rings is 1. The molecule has 0 unspecified atom stereocenters. The van der Waals surface area contributed by atoms with E-state index in [1.54, 1.807) is 23.7 Å². The van der Waals surface area contributed by atoms with Crippen molar-refractivity contribution in [3.05, 3.63) is 48.4 Å². The quantitative estimate of drug-likeness (QED) is 0.519. The van der Waals surface area contributed by atoms with E-state index in [-0.39, 0.29) is 5.75 Å². The van der Waals surface area contributed by atoms with Crippen molar-refractivity contribution in [1.29, 1.82) is 0 Å². The fraction of sp³-hybridized carbons (Fsp3) is 0.238. The number of nitrogens with zero attached hydrogens (tertiary/aromatic N) is 3. The van der Waals surface area contributed by atoms with Crippen LogP contribution in [0.5, 0.6) is 5.75 Å². The summed E-state index contributed by atoms with van der Waals surface area (Å²) in [5.41, 5.74) is 2.46. The molecule has 154 valence electrons. The summed E-state index contributed by atoms with van der Waals surface area (Å²) >= 11 is 1.58. The highest BCUT2D eigenvalue weighted by Crippen LogP contribution is 2.39. The van der Waals surface area contributed by atoms with E-state index in [1.807, 2.05) is 12.3 Å². The van der Waals surface area contributed by atoms with Gasteiger partial charge in [-0.3, -0.25) is 0 Å². The SMILES string of the molecule is COc1c(F)cc(F)cc1-c1c[nH]c2ncc(-c3cnc(N4CCOCC4)s3)cc12. The maximum absolute atomic E-state index is 14.2. The third kappa shape index (κ3) is 3.29. The number of rotatable bonds is 4. The molecule has 1 saturated heterocycles. The van der Waals surface area contributed by atoms with Gasteiger partial charge in [-0.2, -0.15) is 0 Å². The van der Waals surface area contributed by atoms with Crippen LogP contribution in [0.3, 0.4) is 0 Å². The van der Waals surface area contributed by atoms with Crippen LogP contribution >= 0.6 is 11.3 Å². The van der Waals surface area contributed by atoms with E-state index in [4.69, 9.17) is 9.47 Å². The van der Waals surface area contributed by atoms with Crippen molar-refractivity contribution in [2.45, 2.75) is 0 Å². The molecule has 9 heteroatoms. The van der Waals surface area contributed by atoms with E-state index in [2.05, 4.69) is 19.9 Å². The van der Waals surface area contributed by atoms with E-state index in [0.717, 1.165) is 40.1 Å². The lowest BCUT2D eigenvalue weighted by atomic mass is 10.0. The summed E-state index contributed by atoms with van der Waals surface area (Å²) in [6, 6.07) is 4.03. The highest BCUT2D eigenvalue weighted by Gasteiger charge is 2.19. The molecule has 3 aromatic heterocycles. The molecule has 0 saturated carbocycles. The van der Waals surface area contributed by atoms with Crippen molar-refractivity contribution in [1.82, 2.24) is 15.0 Å². The highest BCUT2D eigenvalue weighted by molar-refractivity contribution is 7.18. The van der Waals surface area contributed by atoms with Crippen LogP contribution < -0.4 is 9.64 Å². The number of benzene rings is 1. The molecule has 0 atom stereocenters. The number of halogens is 2. The predicted molar refractivity (Wildman–Crippen MR) is 112 cm³/mol. The topological polar surface area (TPSA) is 63.3 Å². The number of H-pyrrole nitrogens is 1. The van der Waals surface area contributed by atoms with Crippen molar-refractivity contribution in [3.63, 3.8) is 0 Å². The Morgan fingerprint density at radius 3 is 2.73 bits per heavy atom. The van der Waals surface area contributed by atoms with Crippen LogP contribution in [0.1, 0.15) is 0 Å². The Morgan fingerprint density at radius 1 is 1.10 bits per heavy atom. The summed E-state index contributed by atoms with van der Waals surface area (Å²) in [4.78, 5) is 15.3. The summed E-state index contributed by atoms with van der Waals surface area (Å²) in [6.07, 6.45) is 5.28. The number of methoxy groups -OCH3 is 1. The van der Waals surface area contributed by atoms with Gasteiger partial charge in [0.05, 0.1) is 25.2 Å². The number of aromatic nitrogens is 3. The number of anilines is 1. The molecule has 4 aromatic rings. The standard InChI is InChI=1S/C21H18F2N4O2S/c1-28-19-14(7-13(22)8-17(19)23)16-10-25-20-15(16)6-12(9-24-20)18-11-26-21(30-18)27-2-4-29-5-3-27/h6-11H,2-5H2,1H3,(H,24,25). The lowest BCUT2D eigenvalue weighted by Gasteiger charge is -2.25. The second kappa shape index (κ2) is 7.66. The molecule has 1 aromatic carbocycles. The molecular formula is C21H18F2N4O2S. The average molecular weight is 428 g/mol. The van der Waals surface area contributed by atoms with Gasteiger partial charge in [0, 0.05) is 59.8 Å². The van der Waals surface area contributed by atoms with Gasteiger partial charge in [0.25, 0.3) is 0 Å². The fourth-order valence-electron chi connectivity index (χ4n) is 3.63. The van der Waals surface area contributed by atoms with E-state index < -0.39 is 11.6 Å². The number of ether oxygens (including phenoxy) is 2. The second-order valence-corrected chi connectivity index (χ2v) is 7.91. The van der Waals surface area contributed by atoms with Gasteiger partial charge in [0.2, 0.25) is 0 Å². The monoisotopic (exact) mass is 428 g/mol. The van der Waals surface area contributed by atoms with E-state index in [1.165, 1.54) is 13.2 Å². The number of morpholine rings is 1. The molecule has 0 radical (unpaired) electrons. The van der Waals surface area contributed by atoms with Gasteiger partial charge in [-0.1, -0.05) is 11.3 Å². The number of hydrogen-bond acceptors (Lipinski definition) is 6. The van der Waals surface area contributed by atoms with Gasteiger partial charge >= 0.3 is 0 Å². The predicted octanol–water partition coefficient (Wildman–Crippen LogP) is 4.48. The average Bonchev–Trinajstić information content (AvgIpc) is 3.41. The molecule has 4 heterocycles. The highest BCUT2D eigenvalue weighted by atomic mass is 32.1. The number of fused-ring (bicyclic) bond motifs is 1. The van der Waals surface area contributed by atoms with Crippen LogP contribution in [0, 0.1) is 11.6 Å². The largest absolute Gasteiger partial charge is 0.493 e. The van der Waals surface area contributed by atoms with Crippen LogP contribution in [-0.4, -0.2) is 48.4 Å². The summed E-state index contributed by atoms with van der Waals surface area (Å²) in [5.74, 6) is -1.42. The Labute approximate surface area is 175 Å². The maximum atomic E-state index is 14.2. The Balaban J connectivity index is 1.57. The van der Waals surface area contributed by atoms with Crippen LogP contribution in [-0.2, 0) is 4.74 Å². The Kier molecular flexibility index (Phi) is 4.84. The molecule has 6 nitrogen and oxygen atoms in total. The molecule has 0 spiro atoms. The zero-order valence-electron chi connectivity index (χ0n) is 16.1. The third-order valence-corrected chi connectivity index (χ3v) is 6.20. The number of aromatic amines is 1. The minimum Gasteiger partial charge on any atom is -0.493 e. The van der Waals surface area contributed by atoms with Gasteiger partial charge in [0.15, 0.2) is 16.7 Å². The zero-order chi connectivity index (χ0) is 20.7. The van der Waals surface area contributed by atoms with Crippen molar-refractivity contribution in [2.24, 2.45) is 0 Å². The molecular weight excluding hydrogens is 410 g/mol. The smallest absolute Gasteiger partial charge is 0.186 e. The summed E-state index contributed by atoms with van der Waals surface area (Å²) in [7, 11) is 1.36. The Bertz CT molecular complexity index is 1220. The van der Waals surface area contributed by atoms with Crippen molar-refractivity contribution in [2.75, 3.05) is 38.3 Å². The van der Waals surface area contributed by atoms with Gasteiger partial charge in [-0.15, -0.1) is 0 Å². The molecule has 30 heavy (non-hydrogen) atoms. The third-order valence-electron chi connectivity index (χ3n) is 5.09. The molecule has 1 fully saturated rings. The first-order valence-corrected chi connectivity index (χ1v) is 10.2. The first kappa shape index (κ1) is 19.0.